The van der Waals surface area contributed by atoms with Crippen LogP contribution in [0.1, 0.15) is 36.2 Å². The van der Waals surface area contributed by atoms with E-state index in [1.54, 1.807) is 18.5 Å². The summed E-state index contributed by atoms with van der Waals surface area (Å²) < 4.78 is 17.1. The van der Waals surface area contributed by atoms with Gasteiger partial charge in [0.2, 0.25) is 0 Å². The lowest BCUT2D eigenvalue weighted by Gasteiger charge is -2.30. The van der Waals surface area contributed by atoms with Crippen LogP contribution in [-0.2, 0) is 13.6 Å². The molecule has 0 unspecified atom stereocenters. The Labute approximate surface area is 172 Å². The van der Waals surface area contributed by atoms with Crippen molar-refractivity contribution in [2.75, 3.05) is 18.0 Å². The van der Waals surface area contributed by atoms with Crippen molar-refractivity contribution in [2.45, 2.75) is 32.7 Å². The summed E-state index contributed by atoms with van der Waals surface area (Å²) in [6, 6.07) is 6.43. The first kappa shape index (κ1) is 19.5. The van der Waals surface area contributed by atoms with Gasteiger partial charge in [0.25, 0.3) is 5.56 Å². The van der Waals surface area contributed by atoms with Crippen molar-refractivity contribution in [2.24, 2.45) is 7.05 Å². The minimum Gasteiger partial charge on any atom is -0.357 e. The van der Waals surface area contributed by atoms with Crippen molar-refractivity contribution in [1.82, 2.24) is 14.1 Å². The zero-order chi connectivity index (χ0) is 20.7. The maximum absolute atomic E-state index is 13.9. The number of fused-ring (bicyclic) bond motifs is 1. The van der Waals surface area contributed by atoms with E-state index in [1.165, 1.54) is 22.8 Å². The molecule has 0 amide bonds. The van der Waals surface area contributed by atoms with E-state index in [0.29, 0.717) is 38.8 Å². The third kappa shape index (κ3) is 3.28. The Hall–Kier alpha value is -2.85. The fourth-order valence-corrected chi connectivity index (χ4v) is 4.16. The van der Waals surface area contributed by atoms with Gasteiger partial charge in [-0.2, -0.15) is 5.26 Å². The summed E-state index contributed by atoms with van der Waals surface area (Å²) in [5.41, 5.74) is 1.43. The molecule has 0 radical (unpaired) electrons. The van der Waals surface area contributed by atoms with E-state index >= 15 is 0 Å². The first-order valence-corrected chi connectivity index (χ1v) is 9.99. The van der Waals surface area contributed by atoms with E-state index in [2.05, 4.69) is 16.0 Å². The Morgan fingerprint density at radius 1 is 1.28 bits per heavy atom. The van der Waals surface area contributed by atoms with E-state index in [4.69, 9.17) is 11.6 Å². The molecule has 1 aliphatic heterocycles. The van der Waals surface area contributed by atoms with Crippen molar-refractivity contribution >= 4 is 28.5 Å². The number of anilines is 1. The largest absolute Gasteiger partial charge is 0.357 e. The van der Waals surface area contributed by atoms with Crippen molar-refractivity contribution in [3.05, 3.63) is 56.3 Å². The Kier molecular flexibility index (Phi) is 5.05. The lowest BCUT2D eigenvalue weighted by atomic mass is 10.1. The monoisotopic (exact) mass is 413 g/mol. The van der Waals surface area contributed by atoms with Gasteiger partial charge in [-0.05, 0) is 49.9 Å². The number of aromatic nitrogens is 3. The van der Waals surface area contributed by atoms with Crippen LogP contribution in [0, 0.1) is 24.1 Å². The molecular weight excluding hydrogens is 393 g/mol. The summed E-state index contributed by atoms with van der Waals surface area (Å²) in [5.74, 6) is 0.797. The van der Waals surface area contributed by atoms with E-state index in [1.807, 2.05) is 0 Å². The molecule has 0 atom stereocenters. The number of hydrogen-bond donors (Lipinski definition) is 0. The predicted octanol–water partition coefficient (Wildman–Crippen LogP) is 3.75. The number of halogens is 2. The second-order valence-corrected chi connectivity index (χ2v) is 7.81. The normalized spacial score (nSPS) is 14.4. The molecule has 8 heteroatoms. The molecular formula is C21H21ClFN5O. The van der Waals surface area contributed by atoms with Gasteiger partial charge in [-0.1, -0.05) is 11.6 Å². The highest BCUT2D eigenvalue weighted by Crippen LogP contribution is 2.33. The topological polar surface area (TPSA) is 66.8 Å². The molecule has 1 fully saturated rings. The third-order valence-electron chi connectivity index (χ3n) is 5.58. The summed E-state index contributed by atoms with van der Waals surface area (Å²) in [6.07, 6.45) is 3.16. The molecule has 3 aromatic rings. The number of rotatable bonds is 3. The van der Waals surface area contributed by atoms with E-state index < -0.39 is 5.82 Å². The van der Waals surface area contributed by atoms with Crippen LogP contribution in [0.15, 0.2) is 23.0 Å². The highest BCUT2D eigenvalue weighted by molar-refractivity contribution is 6.31. The first-order chi connectivity index (χ1) is 13.9. The predicted molar refractivity (Wildman–Crippen MR) is 111 cm³/mol. The van der Waals surface area contributed by atoms with Gasteiger partial charge in [-0.25, -0.2) is 9.37 Å². The molecule has 2 aromatic heterocycles. The second kappa shape index (κ2) is 7.53. The van der Waals surface area contributed by atoms with Crippen LogP contribution < -0.4 is 10.5 Å². The van der Waals surface area contributed by atoms with Crippen molar-refractivity contribution < 1.29 is 4.39 Å². The fourth-order valence-electron chi connectivity index (χ4n) is 3.99. The molecule has 0 N–H and O–H groups in total. The second-order valence-electron chi connectivity index (χ2n) is 7.40. The lowest BCUT2D eigenvalue weighted by Crippen LogP contribution is -2.32. The Morgan fingerprint density at radius 3 is 2.69 bits per heavy atom. The third-order valence-corrected chi connectivity index (χ3v) is 5.95. The maximum Gasteiger partial charge on any atom is 0.277 e. The van der Waals surface area contributed by atoms with Gasteiger partial charge in [0.05, 0.1) is 6.54 Å². The maximum atomic E-state index is 13.9. The number of piperidine rings is 1. The molecule has 1 aliphatic rings. The van der Waals surface area contributed by atoms with Gasteiger partial charge in [0.15, 0.2) is 0 Å². The van der Waals surface area contributed by atoms with Crippen LogP contribution in [0.2, 0.25) is 5.02 Å². The van der Waals surface area contributed by atoms with Crippen LogP contribution in [0.25, 0.3) is 11.0 Å². The van der Waals surface area contributed by atoms with Crippen molar-refractivity contribution in [1.29, 1.82) is 5.26 Å². The smallest absolute Gasteiger partial charge is 0.277 e. The lowest BCUT2D eigenvalue weighted by molar-refractivity contribution is 0.564. The molecule has 1 saturated heterocycles. The van der Waals surface area contributed by atoms with Crippen LogP contribution in [0.5, 0.6) is 0 Å². The molecule has 29 heavy (non-hydrogen) atoms. The van der Waals surface area contributed by atoms with Crippen LogP contribution in [0.3, 0.4) is 0 Å². The van der Waals surface area contributed by atoms with Crippen molar-refractivity contribution in [3.63, 3.8) is 0 Å². The van der Waals surface area contributed by atoms with E-state index in [-0.39, 0.29) is 12.1 Å². The Balaban J connectivity index is 2.04. The number of hydrogen-bond acceptors (Lipinski definition) is 4. The quantitative estimate of drug-likeness (QED) is 0.656. The van der Waals surface area contributed by atoms with E-state index in [0.717, 1.165) is 32.4 Å². The SMILES string of the molecule is Cc1nc2c(C#N)c(N3CCCCC3)n(Cc3cc(F)ccc3Cl)c2c(=O)n1C. The summed E-state index contributed by atoms with van der Waals surface area (Å²) in [6.45, 7) is 3.51. The molecule has 3 heterocycles. The van der Waals surface area contributed by atoms with Crippen molar-refractivity contribution in [3.8, 4) is 6.07 Å². The number of nitriles is 1. The van der Waals surface area contributed by atoms with Gasteiger partial charge < -0.3 is 9.47 Å². The number of benzene rings is 1. The zero-order valence-corrected chi connectivity index (χ0v) is 17.1. The zero-order valence-electron chi connectivity index (χ0n) is 16.4. The van der Waals surface area contributed by atoms with Gasteiger partial charge in [-0.15, -0.1) is 0 Å². The summed E-state index contributed by atoms with van der Waals surface area (Å²) in [7, 11) is 1.66. The molecule has 0 aliphatic carbocycles. The summed E-state index contributed by atoms with van der Waals surface area (Å²) in [4.78, 5) is 19.8. The van der Waals surface area contributed by atoms with Gasteiger partial charge >= 0.3 is 0 Å². The average molecular weight is 414 g/mol. The minimum atomic E-state index is -0.400. The molecule has 6 nitrogen and oxygen atoms in total. The molecule has 0 bridgehead atoms. The molecule has 0 saturated carbocycles. The van der Waals surface area contributed by atoms with Crippen LogP contribution in [0.4, 0.5) is 10.2 Å². The average Bonchev–Trinajstić information content (AvgIpc) is 3.02. The number of nitrogens with zero attached hydrogens (tertiary/aromatic N) is 5. The molecule has 150 valence electrons. The molecule has 0 spiro atoms. The number of aryl methyl sites for hydroxylation is 1. The van der Waals surface area contributed by atoms with E-state index in [9.17, 15) is 14.4 Å². The highest BCUT2D eigenvalue weighted by atomic mass is 35.5. The fraction of sp³-hybridized carbons (Fsp3) is 0.381. The molecule has 4 rings (SSSR count). The molecule has 1 aromatic carbocycles. The Bertz CT molecular complexity index is 1200. The highest BCUT2D eigenvalue weighted by Gasteiger charge is 2.27. The van der Waals surface area contributed by atoms with Gasteiger partial charge in [0, 0.05) is 25.2 Å². The summed E-state index contributed by atoms with van der Waals surface area (Å²) in [5, 5.41) is 10.4. The van der Waals surface area contributed by atoms with Crippen LogP contribution in [-0.4, -0.2) is 27.2 Å². The Morgan fingerprint density at radius 2 is 2.00 bits per heavy atom. The first-order valence-electron chi connectivity index (χ1n) is 9.61. The van der Waals surface area contributed by atoms with Crippen LogP contribution >= 0.6 is 11.6 Å². The summed E-state index contributed by atoms with van der Waals surface area (Å²) >= 11 is 6.31. The minimum absolute atomic E-state index is 0.181. The van der Waals surface area contributed by atoms with Gasteiger partial charge in [0.1, 0.15) is 40.1 Å². The van der Waals surface area contributed by atoms with Gasteiger partial charge in [-0.3, -0.25) is 9.36 Å². The standard InChI is InChI=1S/C21H21ClFN5O/c1-13-25-18-16(11-24)20(27-8-4-3-5-9-27)28(19(18)21(29)26(13)2)12-14-10-15(23)6-7-17(14)22/h6-7,10H,3-5,8-9,12H2,1-2H3.